The average molecular weight is 333 g/mol. The van der Waals surface area contributed by atoms with Gasteiger partial charge in [-0.25, -0.2) is 8.78 Å². The number of nitrogens with zero attached hydrogens (tertiary/aromatic N) is 3. The normalized spacial score (nSPS) is 10.8. The second-order valence-corrected chi connectivity index (χ2v) is 5.48. The molecule has 0 amide bonds. The Balaban J connectivity index is 2.02. The first kappa shape index (κ1) is 15.2. The zero-order valence-corrected chi connectivity index (χ0v) is 13.1. The van der Waals surface area contributed by atoms with Crippen molar-refractivity contribution in [3.8, 4) is 28.5 Å². The summed E-state index contributed by atoms with van der Waals surface area (Å²) in [5, 5.41) is 8.29. The Kier molecular flexibility index (Phi) is 3.82. The average Bonchev–Trinajstić information content (AvgIpc) is 3.08. The fourth-order valence-electron chi connectivity index (χ4n) is 2.74. The van der Waals surface area contributed by atoms with Crippen LogP contribution >= 0.6 is 0 Å². The summed E-state index contributed by atoms with van der Waals surface area (Å²) in [7, 11) is 0. The lowest BCUT2D eigenvalue weighted by Gasteiger charge is -2.11. The molecule has 0 unspecified atom stereocenters. The number of rotatable bonds is 3. The fourth-order valence-corrected chi connectivity index (χ4v) is 2.74. The van der Waals surface area contributed by atoms with Crippen LogP contribution in [0.2, 0.25) is 0 Å². The Labute approximate surface area is 143 Å². The van der Waals surface area contributed by atoms with Crippen molar-refractivity contribution in [3.63, 3.8) is 0 Å². The van der Waals surface area contributed by atoms with Gasteiger partial charge < -0.3 is 0 Å². The smallest absolute Gasteiger partial charge is 0.171 e. The molecule has 0 radical (unpaired) electrons. The highest BCUT2D eigenvalue weighted by Crippen LogP contribution is 2.30. The maximum Gasteiger partial charge on any atom is 0.171 e. The van der Waals surface area contributed by atoms with Crippen LogP contribution in [0.3, 0.4) is 0 Å². The first-order valence-electron chi connectivity index (χ1n) is 7.76. The minimum absolute atomic E-state index is 0.307. The van der Waals surface area contributed by atoms with Gasteiger partial charge in [0.05, 0.1) is 11.1 Å². The summed E-state index contributed by atoms with van der Waals surface area (Å²) >= 11 is 0. The molecule has 122 valence electrons. The minimum Gasteiger partial charge on any atom is -0.275 e. The van der Waals surface area contributed by atoms with E-state index in [-0.39, 0.29) is 0 Å². The van der Waals surface area contributed by atoms with Crippen LogP contribution < -0.4 is 0 Å². The molecule has 4 aromatic rings. The summed E-state index contributed by atoms with van der Waals surface area (Å²) < 4.78 is 30.3. The number of hydrogen-bond acceptors (Lipinski definition) is 2. The molecule has 25 heavy (non-hydrogen) atoms. The molecule has 4 rings (SSSR count). The van der Waals surface area contributed by atoms with Crippen molar-refractivity contribution in [1.29, 1.82) is 0 Å². The molecule has 0 aliphatic carbocycles. The van der Waals surface area contributed by atoms with E-state index in [9.17, 15) is 8.78 Å². The molecule has 0 fully saturated rings. The van der Waals surface area contributed by atoms with E-state index in [4.69, 9.17) is 0 Å². The third-order valence-electron chi connectivity index (χ3n) is 3.91. The van der Waals surface area contributed by atoms with E-state index in [1.165, 1.54) is 12.1 Å². The van der Waals surface area contributed by atoms with E-state index in [1.54, 1.807) is 41.0 Å². The van der Waals surface area contributed by atoms with Gasteiger partial charge in [0.25, 0.3) is 0 Å². The van der Waals surface area contributed by atoms with Gasteiger partial charge in [0.15, 0.2) is 11.6 Å². The van der Waals surface area contributed by atoms with Gasteiger partial charge in [0, 0.05) is 5.69 Å². The Morgan fingerprint density at radius 3 is 1.48 bits per heavy atom. The third-order valence-corrected chi connectivity index (χ3v) is 3.91. The van der Waals surface area contributed by atoms with Crippen LogP contribution in [0.25, 0.3) is 28.5 Å². The number of halogens is 2. The third kappa shape index (κ3) is 2.70. The van der Waals surface area contributed by atoms with Crippen LogP contribution in [0.1, 0.15) is 0 Å². The lowest BCUT2D eigenvalue weighted by Crippen LogP contribution is -2.02. The van der Waals surface area contributed by atoms with E-state index < -0.39 is 11.6 Å². The molecule has 0 spiro atoms. The van der Waals surface area contributed by atoms with E-state index >= 15 is 0 Å². The highest BCUT2D eigenvalue weighted by molar-refractivity contribution is 5.67. The van der Waals surface area contributed by atoms with Crippen LogP contribution in [0.4, 0.5) is 8.78 Å². The summed E-state index contributed by atoms with van der Waals surface area (Å²) in [6.07, 6.45) is 0. The van der Waals surface area contributed by atoms with Crippen molar-refractivity contribution in [1.82, 2.24) is 14.8 Å². The molecule has 0 aliphatic heterocycles. The number of hydrogen-bond donors (Lipinski definition) is 0. The quantitative estimate of drug-likeness (QED) is 0.535. The number of aromatic nitrogens is 3. The lowest BCUT2D eigenvalue weighted by molar-refractivity contribution is 0.629. The van der Waals surface area contributed by atoms with Gasteiger partial charge in [-0.3, -0.25) is 4.57 Å². The number of benzene rings is 3. The Morgan fingerprint density at radius 2 is 1.00 bits per heavy atom. The fraction of sp³-hybridized carbons (Fsp3) is 0. The summed E-state index contributed by atoms with van der Waals surface area (Å²) in [6, 6.07) is 21.9. The largest absolute Gasteiger partial charge is 0.275 e. The van der Waals surface area contributed by atoms with Crippen LogP contribution in [-0.2, 0) is 0 Å². The van der Waals surface area contributed by atoms with Crippen molar-refractivity contribution in [2.75, 3.05) is 0 Å². The Morgan fingerprint density at radius 1 is 0.560 bits per heavy atom. The summed E-state index contributed by atoms with van der Waals surface area (Å²) in [5.74, 6) is -0.176. The van der Waals surface area contributed by atoms with Crippen LogP contribution in [-0.4, -0.2) is 14.8 Å². The summed E-state index contributed by atoms with van der Waals surface area (Å²) in [6.45, 7) is 0. The lowest BCUT2D eigenvalue weighted by atomic mass is 10.1. The van der Waals surface area contributed by atoms with Crippen LogP contribution in [0.5, 0.6) is 0 Å². The molecule has 0 atom stereocenters. The van der Waals surface area contributed by atoms with Crippen molar-refractivity contribution in [2.24, 2.45) is 0 Å². The Bertz CT molecular complexity index is 963. The molecule has 3 aromatic carbocycles. The molecular weight excluding hydrogens is 320 g/mol. The molecule has 0 saturated heterocycles. The van der Waals surface area contributed by atoms with Crippen LogP contribution in [0, 0.1) is 11.6 Å². The summed E-state index contributed by atoms with van der Waals surface area (Å²) in [4.78, 5) is 0. The molecule has 1 heterocycles. The van der Waals surface area contributed by atoms with Gasteiger partial charge in [0.1, 0.15) is 11.6 Å². The van der Waals surface area contributed by atoms with Gasteiger partial charge in [-0.1, -0.05) is 42.5 Å². The molecular formula is C20H13F2N3. The molecule has 5 heteroatoms. The van der Waals surface area contributed by atoms with Crippen molar-refractivity contribution in [3.05, 3.63) is 90.5 Å². The molecule has 0 saturated carbocycles. The van der Waals surface area contributed by atoms with Gasteiger partial charge in [-0.05, 0) is 36.4 Å². The monoisotopic (exact) mass is 333 g/mol. The second kappa shape index (κ2) is 6.28. The standard InChI is InChI=1S/C20H13F2N3/c21-17-12-6-4-10-15(17)19-23-24-20(16-11-5-7-13-18(16)22)25(19)14-8-2-1-3-9-14/h1-13H. The molecule has 0 aliphatic rings. The van der Waals surface area contributed by atoms with Gasteiger partial charge >= 0.3 is 0 Å². The second-order valence-electron chi connectivity index (χ2n) is 5.48. The van der Waals surface area contributed by atoms with Crippen molar-refractivity contribution >= 4 is 0 Å². The topological polar surface area (TPSA) is 30.7 Å². The molecule has 1 aromatic heterocycles. The van der Waals surface area contributed by atoms with Crippen LogP contribution in [0.15, 0.2) is 78.9 Å². The van der Waals surface area contributed by atoms with Gasteiger partial charge in [-0.15, -0.1) is 10.2 Å². The maximum absolute atomic E-state index is 14.3. The number of para-hydroxylation sites is 1. The summed E-state index contributed by atoms with van der Waals surface area (Å²) in [5.41, 5.74) is 1.34. The van der Waals surface area contributed by atoms with E-state index in [1.807, 2.05) is 30.3 Å². The van der Waals surface area contributed by atoms with Gasteiger partial charge in [0.2, 0.25) is 0 Å². The first-order valence-corrected chi connectivity index (χ1v) is 7.76. The molecule has 0 N–H and O–H groups in total. The maximum atomic E-state index is 14.3. The predicted molar refractivity (Wildman–Crippen MR) is 92.1 cm³/mol. The predicted octanol–water partition coefficient (Wildman–Crippen LogP) is 4.88. The molecule has 0 bridgehead atoms. The highest BCUT2D eigenvalue weighted by Gasteiger charge is 2.20. The van der Waals surface area contributed by atoms with E-state index in [2.05, 4.69) is 10.2 Å². The zero-order chi connectivity index (χ0) is 17.2. The van der Waals surface area contributed by atoms with E-state index in [0.717, 1.165) is 5.69 Å². The highest BCUT2D eigenvalue weighted by atomic mass is 19.1. The van der Waals surface area contributed by atoms with Crippen molar-refractivity contribution in [2.45, 2.75) is 0 Å². The van der Waals surface area contributed by atoms with Crippen molar-refractivity contribution < 1.29 is 8.78 Å². The molecule has 3 nitrogen and oxygen atoms in total. The first-order chi connectivity index (χ1) is 12.3. The minimum atomic E-state index is -0.410. The Hall–Kier alpha value is -3.34. The SMILES string of the molecule is Fc1ccccc1-c1nnc(-c2ccccc2F)n1-c1ccccc1. The zero-order valence-electron chi connectivity index (χ0n) is 13.1. The van der Waals surface area contributed by atoms with E-state index in [0.29, 0.717) is 22.8 Å². The van der Waals surface area contributed by atoms with Gasteiger partial charge in [-0.2, -0.15) is 0 Å².